The number of hydrogen-bond donors (Lipinski definition) is 1. The van der Waals surface area contributed by atoms with Gasteiger partial charge in [0.2, 0.25) is 5.82 Å². The number of esters is 1. The van der Waals surface area contributed by atoms with Crippen LogP contribution in [0.1, 0.15) is 6.92 Å². The maximum Gasteiger partial charge on any atom is 0.351 e. The molecule has 0 fully saturated rings. The van der Waals surface area contributed by atoms with Crippen LogP contribution < -0.4 is 5.43 Å². The second kappa shape index (κ2) is 6.12. The number of benzene rings is 1. The highest BCUT2D eigenvalue weighted by Gasteiger charge is 2.25. The van der Waals surface area contributed by atoms with Crippen LogP contribution in [-0.4, -0.2) is 18.8 Å². The van der Waals surface area contributed by atoms with Crippen molar-refractivity contribution in [1.29, 1.82) is 0 Å². The molecule has 1 aromatic rings. The molecule has 0 aromatic heterocycles. The van der Waals surface area contributed by atoms with Crippen LogP contribution in [0, 0.1) is 29.1 Å². The first kappa shape index (κ1) is 14.9. The molecule has 1 rings (SSSR count). The van der Waals surface area contributed by atoms with E-state index in [2.05, 4.69) is 9.84 Å². The minimum Gasteiger partial charge on any atom is -0.462 e. The quantitative estimate of drug-likeness (QED) is 0.230. The zero-order valence-electron chi connectivity index (χ0n) is 9.44. The van der Waals surface area contributed by atoms with Gasteiger partial charge < -0.3 is 4.74 Å². The van der Waals surface area contributed by atoms with Gasteiger partial charge >= 0.3 is 5.97 Å². The molecular formula is C10H7F5N2O2. The molecule has 1 aromatic carbocycles. The van der Waals surface area contributed by atoms with Crippen LogP contribution in [-0.2, 0) is 9.53 Å². The number of nitrogens with one attached hydrogen (secondary N) is 1. The number of hydrogen-bond acceptors (Lipinski definition) is 4. The summed E-state index contributed by atoms with van der Waals surface area (Å²) in [5.41, 5.74) is 0.187. The number of ether oxygens (including phenoxy) is 1. The third-order valence-corrected chi connectivity index (χ3v) is 1.84. The Labute approximate surface area is 103 Å². The number of nitrogens with zero attached hydrogens (tertiary/aromatic N) is 1. The normalized spacial score (nSPS) is 10.8. The Morgan fingerprint density at radius 3 is 2.05 bits per heavy atom. The highest BCUT2D eigenvalue weighted by molar-refractivity contribution is 6.23. The van der Waals surface area contributed by atoms with Crippen molar-refractivity contribution in [3.05, 3.63) is 29.1 Å². The van der Waals surface area contributed by atoms with Crippen molar-refractivity contribution in [1.82, 2.24) is 0 Å². The van der Waals surface area contributed by atoms with Crippen LogP contribution in [0.25, 0.3) is 0 Å². The van der Waals surface area contributed by atoms with Gasteiger partial charge in [-0.05, 0) is 6.92 Å². The van der Waals surface area contributed by atoms with Gasteiger partial charge in [-0.15, -0.1) is 0 Å². The first-order valence-corrected chi connectivity index (χ1v) is 4.87. The van der Waals surface area contributed by atoms with Crippen molar-refractivity contribution < 1.29 is 31.5 Å². The Hall–Kier alpha value is -2.19. The van der Waals surface area contributed by atoms with E-state index in [-0.39, 0.29) is 6.61 Å². The molecule has 0 unspecified atom stereocenters. The van der Waals surface area contributed by atoms with Crippen LogP contribution in [0.15, 0.2) is 5.10 Å². The van der Waals surface area contributed by atoms with Crippen molar-refractivity contribution in [2.24, 2.45) is 5.10 Å². The van der Waals surface area contributed by atoms with Crippen LogP contribution in [0.3, 0.4) is 0 Å². The van der Waals surface area contributed by atoms with Crippen molar-refractivity contribution in [2.75, 3.05) is 12.0 Å². The summed E-state index contributed by atoms with van der Waals surface area (Å²) in [6.45, 7) is 1.54. The van der Waals surface area contributed by atoms with Gasteiger partial charge in [0.25, 0.3) is 0 Å². The van der Waals surface area contributed by atoms with E-state index in [1.165, 1.54) is 6.92 Å². The maximum absolute atomic E-state index is 13.1. The fourth-order valence-corrected chi connectivity index (χ4v) is 1.03. The summed E-state index contributed by atoms with van der Waals surface area (Å²) < 4.78 is 68.8. The third kappa shape index (κ3) is 3.18. The number of halogens is 5. The monoisotopic (exact) mass is 282 g/mol. The van der Waals surface area contributed by atoms with E-state index in [0.717, 1.165) is 0 Å². The second-order valence-corrected chi connectivity index (χ2v) is 3.07. The second-order valence-electron chi connectivity index (χ2n) is 3.07. The lowest BCUT2D eigenvalue weighted by molar-refractivity contribution is -0.134. The fraction of sp³-hybridized carbons (Fsp3) is 0.200. The highest BCUT2D eigenvalue weighted by Crippen LogP contribution is 2.26. The van der Waals surface area contributed by atoms with Gasteiger partial charge in [0.05, 0.1) is 6.61 Å². The highest BCUT2D eigenvalue weighted by atomic mass is 19.2. The maximum atomic E-state index is 13.1. The fourth-order valence-electron chi connectivity index (χ4n) is 1.03. The predicted octanol–water partition coefficient (Wildman–Crippen LogP) is 2.34. The van der Waals surface area contributed by atoms with Gasteiger partial charge in [-0.1, -0.05) is 0 Å². The molecule has 0 bridgehead atoms. The standard InChI is InChI=1S/C10H7F5N2O2/c1-2-19-4(18)3-16-17-10-8(14)6(12)5(11)7(13)9(10)15/h3,17H,2H2,1H3. The van der Waals surface area contributed by atoms with Crippen LogP contribution in [0.5, 0.6) is 0 Å². The van der Waals surface area contributed by atoms with Crippen LogP contribution in [0.2, 0.25) is 0 Å². The van der Waals surface area contributed by atoms with Crippen LogP contribution >= 0.6 is 0 Å². The van der Waals surface area contributed by atoms with E-state index in [1.807, 2.05) is 0 Å². The molecule has 1 N–H and O–H groups in total. The third-order valence-electron chi connectivity index (χ3n) is 1.84. The van der Waals surface area contributed by atoms with Crippen molar-refractivity contribution >= 4 is 17.9 Å². The molecule has 0 spiro atoms. The molecule has 0 aliphatic heterocycles. The Morgan fingerprint density at radius 2 is 1.58 bits per heavy atom. The molecule has 19 heavy (non-hydrogen) atoms. The molecule has 0 aliphatic rings. The summed E-state index contributed by atoms with van der Waals surface area (Å²) in [5.74, 6) is -11.6. The SMILES string of the molecule is CCOC(=O)C=NNc1c(F)c(F)c(F)c(F)c1F. The van der Waals surface area contributed by atoms with Gasteiger partial charge in [-0.2, -0.15) is 5.10 Å². The molecule has 0 aliphatic carbocycles. The van der Waals surface area contributed by atoms with Crippen molar-refractivity contribution in [3.63, 3.8) is 0 Å². The number of rotatable bonds is 4. The van der Waals surface area contributed by atoms with E-state index in [9.17, 15) is 26.7 Å². The van der Waals surface area contributed by atoms with Crippen LogP contribution in [0.4, 0.5) is 27.6 Å². The van der Waals surface area contributed by atoms with E-state index >= 15 is 0 Å². The molecule has 104 valence electrons. The summed E-state index contributed by atoms with van der Waals surface area (Å²) >= 11 is 0. The smallest absolute Gasteiger partial charge is 0.351 e. The molecule has 0 heterocycles. The number of hydrazone groups is 1. The van der Waals surface area contributed by atoms with E-state index < -0.39 is 40.7 Å². The molecule has 9 heteroatoms. The van der Waals surface area contributed by atoms with E-state index in [0.29, 0.717) is 6.21 Å². The van der Waals surface area contributed by atoms with E-state index in [4.69, 9.17) is 0 Å². The van der Waals surface area contributed by atoms with Gasteiger partial charge in [0, 0.05) is 0 Å². The molecule has 4 nitrogen and oxygen atoms in total. The predicted molar refractivity (Wildman–Crippen MR) is 55.0 cm³/mol. The van der Waals surface area contributed by atoms with Gasteiger partial charge in [-0.3, -0.25) is 5.43 Å². The Morgan fingerprint density at radius 1 is 1.11 bits per heavy atom. The summed E-state index contributed by atoms with van der Waals surface area (Å²) in [6, 6.07) is 0. The van der Waals surface area contributed by atoms with Gasteiger partial charge in [0.15, 0.2) is 23.3 Å². The lowest BCUT2D eigenvalue weighted by atomic mass is 10.2. The average molecular weight is 282 g/mol. The average Bonchev–Trinajstić information content (AvgIpc) is 2.38. The van der Waals surface area contributed by atoms with Gasteiger partial charge in [-0.25, -0.2) is 26.7 Å². The molecule has 0 saturated heterocycles. The van der Waals surface area contributed by atoms with E-state index in [1.54, 1.807) is 5.43 Å². The number of carbonyl (C=O) groups excluding carboxylic acids is 1. The van der Waals surface area contributed by atoms with Gasteiger partial charge in [0.1, 0.15) is 11.9 Å². The Balaban J connectivity index is 3.00. The zero-order valence-corrected chi connectivity index (χ0v) is 9.44. The summed E-state index contributed by atoms with van der Waals surface area (Å²) in [7, 11) is 0. The summed E-state index contributed by atoms with van der Waals surface area (Å²) in [5, 5.41) is 3.01. The minimum atomic E-state index is -2.28. The Kier molecular flexibility index (Phi) is 4.79. The zero-order chi connectivity index (χ0) is 14.6. The molecule has 0 amide bonds. The molecule has 0 saturated carbocycles. The molecule has 0 radical (unpaired) electrons. The Bertz CT molecular complexity index is 504. The topological polar surface area (TPSA) is 50.7 Å². The lowest BCUT2D eigenvalue weighted by Gasteiger charge is -2.06. The first-order chi connectivity index (χ1) is 8.90. The molecular weight excluding hydrogens is 275 g/mol. The summed E-state index contributed by atoms with van der Waals surface area (Å²) in [4.78, 5) is 10.8. The first-order valence-electron chi connectivity index (χ1n) is 4.87. The number of anilines is 1. The molecule has 0 atom stereocenters. The summed E-state index contributed by atoms with van der Waals surface area (Å²) in [6.07, 6.45) is 0.488. The number of carbonyl (C=O) groups is 1. The minimum absolute atomic E-state index is 0.0351. The van der Waals surface area contributed by atoms with Crippen molar-refractivity contribution in [3.8, 4) is 0 Å². The van der Waals surface area contributed by atoms with Crippen molar-refractivity contribution in [2.45, 2.75) is 6.92 Å². The lowest BCUT2D eigenvalue weighted by Crippen LogP contribution is -2.09. The largest absolute Gasteiger partial charge is 0.462 e.